The number of H-pyrrole nitrogens is 1. The molecule has 1 rings (SSSR count). The first-order chi connectivity index (χ1) is 4.74. The fourth-order valence-corrected chi connectivity index (χ4v) is 0.747. The van der Waals surface area contributed by atoms with E-state index in [9.17, 15) is 0 Å². The van der Waals surface area contributed by atoms with E-state index in [1.807, 2.05) is 6.07 Å². The Balaban J connectivity index is 3.40. The van der Waals surface area contributed by atoms with Gasteiger partial charge in [0.2, 0.25) is 0 Å². The fraction of sp³-hybridized carbons (Fsp3) is 0. The van der Waals surface area contributed by atoms with Crippen LogP contribution in [0.15, 0.2) is 12.3 Å². The van der Waals surface area contributed by atoms with Gasteiger partial charge >= 0.3 is 0 Å². The minimum atomic E-state index is 0.412. The molecule has 1 aromatic heterocycles. The average Bonchev–Trinajstić information content (AvgIpc) is 1.94. The summed E-state index contributed by atoms with van der Waals surface area (Å²) in [6.45, 7) is 0. The molecular formula is C6H5N3S. The van der Waals surface area contributed by atoms with Crippen LogP contribution >= 0.6 is 12.2 Å². The molecule has 0 spiro atoms. The third kappa shape index (κ3) is 1.14. The van der Waals surface area contributed by atoms with E-state index in [4.69, 9.17) is 23.2 Å². The normalized spacial score (nSPS) is 8.70. The number of pyridine rings is 1. The van der Waals surface area contributed by atoms with Crippen molar-refractivity contribution in [1.82, 2.24) is 4.98 Å². The van der Waals surface area contributed by atoms with E-state index in [0.717, 1.165) is 0 Å². The van der Waals surface area contributed by atoms with E-state index in [2.05, 4.69) is 4.98 Å². The molecule has 0 saturated carbocycles. The Bertz CT molecular complexity index is 334. The molecule has 0 aliphatic heterocycles. The fourth-order valence-electron chi connectivity index (χ4n) is 0.584. The van der Waals surface area contributed by atoms with Crippen LogP contribution in [0.5, 0.6) is 0 Å². The van der Waals surface area contributed by atoms with Gasteiger partial charge in [0.15, 0.2) is 0 Å². The highest BCUT2D eigenvalue weighted by molar-refractivity contribution is 7.71. The van der Waals surface area contributed by atoms with Crippen molar-refractivity contribution >= 4 is 17.9 Å². The molecule has 3 N–H and O–H groups in total. The number of hydrogen-bond donors (Lipinski definition) is 2. The van der Waals surface area contributed by atoms with Crippen LogP contribution in [0.25, 0.3) is 0 Å². The van der Waals surface area contributed by atoms with Crippen molar-refractivity contribution in [3.63, 3.8) is 0 Å². The minimum absolute atomic E-state index is 0.412. The van der Waals surface area contributed by atoms with E-state index < -0.39 is 0 Å². The first kappa shape index (κ1) is 6.78. The highest BCUT2D eigenvalue weighted by Gasteiger charge is 1.92. The van der Waals surface area contributed by atoms with Crippen LogP contribution in [0.2, 0.25) is 0 Å². The summed E-state index contributed by atoms with van der Waals surface area (Å²) in [7, 11) is 0. The van der Waals surface area contributed by atoms with Gasteiger partial charge in [0, 0.05) is 11.9 Å². The SMILES string of the molecule is N#Cc1cc(N)c[nH]c1=S. The Morgan fingerprint density at radius 2 is 2.40 bits per heavy atom. The number of nitrogen functional groups attached to an aromatic ring is 1. The van der Waals surface area contributed by atoms with Crippen LogP contribution in [-0.2, 0) is 0 Å². The summed E-state index contributed by atoms with van der Waals surface area (Å²) in [6.07, 6.45) is 1.56. The summed E-state index contributed by atoms with van der Waals surface area (Å²) >= 11 is 4.78. The number of nitriles is 1. The summed E-state index contributed by atoms with van der Waals surface area (Å²) in [5.74, 6) is 0. The van der Waals surface area contributed by atoms with Crippen molar-refractivity contribution in [2.24, 2.45) is 0 Å². The van der Waals surface area contributed by atoms with Gasteiger partial charge in [0.25, 0.3) is 0 Å². The molecule has 0 aliphatic rings. The molecule has 0 aliphatic carbocycles. The van der Waals surface area contributed by atoms with Gasteiger partial charge in [-0.2, -0.15) is 5.26 Å². The number of rotatable bonds is 0. The lowest BCUT2D eigenvalue weighted by Gasteiger charge is -1.91. The van der Waals surface area contributed by atoms with Crippen molar-refractivity contribution < 1.29 is 0 Å². The molecule has 0 aromatic carbocycles. The molecule has 50 valence electrons. The second kappa shape index (κ2) is 2.50. The first-order valence-electron chi connectivity index (χ1n) is 2.62. The maximum Gasteiger partial charge on any atom is 0.121 e. The van der Waals surface area contributed by atoms with Crippen molar-refractivity contribution in [1.29, 1.82) is 5.26 Å². The number of nitrogens with two attached hydrogens (primary N) is 1. The third-order valence-corrected chi connectivity index (χ3v) is 1.38. The zero-order valence-electron chi connectivity index (χ0n) is 5.09. The van der Waals surface area contributed by atoms with Crippen molar-refractivity contribution in [3.05, 3.63) is 22.5 Å². The monoisotopic (exact) mass is 151 g/mol. The molecule has 0 fully saturated rings. The van der Waals surface area contributed by atoms with E-state index in [-0.39, 0.29) is 0 Å². The molecule has 3 nitrogen and oxygen atoms in total. The predicted octanol–water partition coefficient (Wildman–Crippen LogP) is 1.20. The second-order valence-electron chi connectivity index (χ2n) is 1.79. The number of nitrogens with one attached hydrogen (secondary N) is 1. The van der Waals surface area contributed by atoms with Crippen LogP contribution in [0.4, 0.5) is 5.69 Å². The lowest BCUT2D eigenvalue weighted by Crippen LogP contribution is -1.88. The van der Waals surface area contributed by atoms with Gasteiger partial charge in [0.1, 0.15) is 10.7 Å². The molecule has 1 heterocycles. The van der Waals surface area contributed by atoms with Gasteiger partial charge in [-0.25, -0.2) is 0 Å². The van der Waals surface area contributed by atoms with Gasteiger partial charge < -0.3 is 10.7 Å². The molecule has 10 heavy (non-hydrogen) atoms. The number of aromatic nitrogens is 1. The second-order valence-corrected chi connectivity index (χ2v) is 2.20. The maximum absolute atomic E-state index is 8.45. The number of nitrogens with zero attached hydrogens (tertiary/aromatic N) is 1. The zero-order chi connectivity index (χ0) is 7.56. The molecule has 4 heteroatoms. The highest BCUT2D eigenvalue weighted by Crippen LogP contribution is 2.03. The topological polar surface area (TPSA) is 65.6 Å². The minimum Gasteiger partial charge on any atom is -0.398 e. The van der Waals surface area contributed by atoms with Gasteiger partial charge in [0.05, 0.1) is 5.56 Å². The lowest BCUT2D eigenvalue weighted by atomic mass is 10.3. The Morgan fingerprint density at radius 1 is 1.70 bits per heavy atom. The third-order valence-electron chi connectivity index (χ3n) is 1.05. The maximum atomic E-state index is 8.45. The molecule has 0 atom stereocenters. The van der Waals surface area contributed by atoms with Gasteiger partial charge in [-0.15, -0.1) is 0 Å². The Labute approximate surface area is 63.1 Å². The van der Waals surface area contributed by atoms with E-state index >= 15 is 0 Å². The Hall–Kier alpha value is -1.34. The summed E-state index contributed by atoms with van der Waals surface area (Å²) in [5.41, 5.74) is 6.31. The zero-order valence-corrected chi connectivity index (χ0v) is 5.90. The van der Waals surface area contributed by atoms with Crippen molar-refractivity contribution in [3.8, 4) is 6.07 Å². The lowest BCUT2D eigenvalue weighted by molar-refractivity contribution is 1.28. The highest BCUT2D eigenvalue weighted by atomic mass is 32.1. The number of aromatic amines is 1. The summed E-state index contributed by atoms with van der Waals surface area (Å²) in [4.78, 5) is 2.69. The molecule has 0 saturated heterocycles. The van der Waals surface area contributed by atoms with Crippen LogP contribution in [0.3, 0.4) is 0 Å². The van der Waals surface area contributed by atoms with Crippen LogP contribution < -0.4 is 5.73 Å². The standard InChI is InChI=1S/C6H5N3S/c7-2-4-1-5(8)3-9-6(4)10/h1,3H,8H2,(H,9,10). The van der Waals surface area contributed by atoms with E-state index in [1.165, 1.54) is 0 Å². The van der Waals surface area contributed by atoms with Crippen molar-refractivity contribution in [2.45, 2.75) is 0 Å². The van der Waals surface area contributed by atoms with Gasteiger partial charge in [-0.05, 0) is 6.07 Å². The van der Waals surface area contributed by atoms with Crippen molar-refractivity contribution in [2.75, 3.05) is 5.73 Å². The van der Waals surface area contributed by atoms with Crippen LogP contribution in [-0.4, -0.2) is 4.98 Å². The van der Waals surface area contributed by atoms with Crippen LogP contribution in [0.1, 0.15) is 5.56 Å². The summed E-state index contributed by atoms with van der Waals surface area (Å²) in [6, 6.07) is 3.46. The molecule has 0 bridgehead atoms. The van der Waals surface area contributed by atoms with E-state index in [1.54, 1.807) is 12.3 Å². The smallest absolute Gasteiger partial charge is 0.121 e. The summed E-state index contributed by atoms with van der Waals surface area (Å²) in [5, 5.41) is 8.45. The Morgan fingerprint density at radius 3 is 2.90 bits per heavy atom. The Kier molecular flexibility index (Phi) is 1.69. The molecule has 0 amide bonds. The quantitative estimate of drug-likeness (QED) is 0.547. The van der Waals surface area contributed by atoms with E-state index in [0.29, 0.717) is 15.9 Å². The van der Waals surface area contributed by atoms with Gasteiger partial charge in [-0.1, -0.05) is 12.2 Å². The average molecular weight is 151 g/mol. The summed E-state index contributed by atoms with van der Waals surface area (Å²) < 4.78 is 0.428. The molecule has 1 aromatic rings. The molecular weight excluding hydrogens is 146 g/mol. The van der Waals surface area contributed by atoms with Crippen LogP contribution in [0, 0.1) is 16.0 Å². The largest absolute Gasteiger partial charge is 0.398 e. The number of anilines is 1. The number of hydrogen-bond acceptors (Lipinski definition) is 3. The molecule has 0 unspecified atom stereocenters. The predicted molar refractivity (Wildman–Crippen MR) is 40.8 cm³/mol. The van der Waals surface area contributed by atoms with Gasteiger partial charge in [-0.3, -0.25) is 0 Å². The first-order valence-corrected chi connectivity index (χ1v) is 3.03. The molecule has 0 radical (unpaired) electrons.